The number of nitrogens with zero attached hydrogens (tertiary/aromatic N) is 2. The van der Waals surface area contributed by atoms with E-state index in [0.717, 1.165) is 11.3 Å². The molecule has 8 heteroatoms. The van der Waals surface area contributed by atoms with E-state index >= 15 is 0 Å². The summed E-state index contributed by atoms with van der Waals surface area (Å²) >= 11 is 5.12. The molecule has 124 valence electrons. The lowest BCUT2D eigenvalue weighted by Crippen LogP contribution is -2.31. The Balaban J connectivity index is 1.81. The third-order valence-corrected chi connectivity index (χ3v) is 3.31. The van der Waals surface area contributed by atoms with E-state index in [9.17, 15) is 10.1 Å². The molecule has 0 saturated carbocycles. The van der Waals surface area contributed by atoms with Crippen molar-refractivity contribution in [1.82, 2.24) is 10.7 Å². The standard InChI is InChI=1S/C16H16N4O3S/c1-23-15-7-5-12(6-8-15)10-17-16(24)19-18-11-13-3-2-4-14(9-13)20(21)22/h2-9,11H,10H2,1H3,(H2,17,19,24)/b18-11-. The van der Waals surface area contributed by atoms with E-state index in [1.54, 1.807) is 19.2 Å². The molecule has 0 heterocycles. The molecule has 2 aromatic rings. The van der Waals surface area contributed by atoms with Crippen LogP contribution in [0.4, 0.5) is 5.69 Å². The van der Waals surface area contributed by atoms with Crippen molar-refractivity contribution in [2.45, 2.75) is 6.54 Å². The molecule has 2 rings (SSSR count). The first-order valence-electron chi connectivity index (χ1n) is 7.03. The zero-order valence-electron chi connectivity index (χ0n) is 12.9. The van der Waals surface area contributed by atoms with Crippen LogP contribution in [-0.2, 0) is 6.54 Å². The highest BCUT2D eigenvalue weighted by Crippen LogP contribution is 2.12. The molecule has 0 aromatic heterocycles. The maximum Gasteiger partial charge on any atom is 0.270 e. The number of nitro benzene ring substituents is 1. The van der Waals surface area contributed by atoms with Gasteiger partial charge in [-0.15, -0.1) is 0 Å². The van der Waals surface area contributed by atoms with E-state index in [4.69, 9.17) is 17.0 Å². The average Bonchev–Trinajstić information content (AvgIpc) is 2.60. The van der Waals surface area contributed by atoms with Gasteiger partial charge in [0.2, 0.25) is 0 Å². The first-order chi connectivity index (χ1) is 11.6. The number of nitro groups is 1. The molecule has 0 unspecified atom stereocenters. The monoisotopic (exact) mass is 344 g/mol. The van der Waals surface area contributed by atoms with Gasteiger partial charge in [-0.25, -0.2) is 0 Å². The summed E-state index contributed by atoms with van der Waals surface area (Å²) in [4.78, 5) is 10.2. The van der Waals surface area contributed by atoms with Crippen molar-refractivity contribution in [3.63, 3.8) is 0 Å². The van der Waals surface area contributed by atoms with Gasteiger partial charge in [0.15, 0.2) is 5.11 Å². The Labute approximate surface area is 144 Å². The van der Waals surface area contributed by atoms with E-state index < -0.39 is 4.92 Å². The minimum absolute atomic E-state index is 0.0131. The molecule has 0 saturated heterocycles. The summed E-state index contributed by atoms with van der Waals surface area (Å²) in [6, 6.07) is 13.8. The van der Waals surface area contributed by atoms with Gasteiger partial charge in [0.25, 0.3) is 5.69 Å². The van der Waals surface area contributed by atoms with Crippen molar-refractivity contribution in [3.05, 3.63) is 69.8 Å². The minimum Gasteiger partial charge on any atom is -0.497 e. The van der Waals surface area contributed by atoms with E-state index in [-0.39, 0.29) is 5.69 Å². The number of nitrogens with one attached hydrogen (secondary N) is 2. The summed E-state index contributed by atoms with van der Waals surface area (Å²) < 4.78 is 5.09. The van der Waals surface area contributed by atoms with E-state index in [1.165, 1.54) is 18.3 Å². The van der Waals surface area contributed by atoms with Crippen LogP contribution in [0.3, 0.4) is 0 Å². The first kappa shape index (κ1) is 17.4. The normalized spacial score (nSPS) is 10.4. The molecular weight excluding hydrogens is 328 g/mol. The number of methoxy groups -OCH3 is 1. The molecule has 0 radical (unpaired) electrons. The zero-order valence-corrected chi connectivity index (χ0v) is 13.7. The molecule has 7 nitrogen and oxygen atoms in total. The maximum atomic E-state index is 10.7. The van der Waals surface area contributed by atoms with E-state index in [1.807, 2.05) is 24.3 Å². The van der Waals surface area contributed by atoms with Gasteiger partial charge in [-0.1, -0.05) is 24.3 Å². The van der Waals surface area contributed by atoms with Gasteiger partial charge < -0.3 is 10.1 Å². The second-order valence-corrected chi connectivity index (χ2v) is 5.16. The number of thiocarbonyl (C=S) groups is 1. The molecule has 0 spiro atoms. The van der Waals surface area contributed by atoms with Crippen molar-refractivity contribution in [3.8, 4) is 5.75 Å². The predicted octanol–water partition coefficient (Wildman–Crippen LogP) is 2.60. The third kappa shape index (κ3) is 5.33. The summed E-state index contributed by atoms with van der Waals surface area (Å²) in [5.74, 6) is 0.793. The van der Waals surface area contributed by atoms with Gasteiger partial charge in [0.05, 0.1) is 18.2 Å². The smallest absolute Gasteiger partial charge is 0.270 e. The van der Waals surface area contributed by atoms with Crippen molar-refractivity contribution in [2.75, 3.05) is 7.11 Å². The summed E-state index contributed by atoms with van der Waals surface area (Å²) in [7, 11) is 1.62. The molecule has 0 fully saturated rings. The van der Waals surface area contributed by atoms with Gasteiger partial charge in [0, 0.05) is 24.2 Å². The van der Waals surface area contributed by atoms with Crippen molar-refractivity contribution >= 4 is 29.2 Å². The summed E-state index contributed by atoms with van der Waals surface area (Å²) in [5.41, 5.74) is 4.33. The van der Waals surface area contributed by atoms with Gasteiger partial charge in [-0.2, -0.15) is 5.10 Å². The fourth-order valence-corrected chi connectivity index (χ4v) is 1.97. The van der Waals surface area contributed by atoms with Crippen LogP contribution in [0.15, 0.2) is 53.6 Å². The number of benzene rings is 2. The van der Waals surface area contributed by atoms with Crippen LogP contribution in [0, 0.1) is 10.1 Å². The summed E-state index contributed by atoms with van der Waals surface area (Å²) in [6.07, 6.45) is 1.47. The summed E-state index contributed by atoms with van der Waals surface area (Å²) in [5, 5.41) is 18.0. The lowest BCUT2D eigenvalue weighted by molar-refractivity contribution is -0.384. The highest BCUT2D eigenvalue weighted by Gasteiger charge is 2.04. The number of hydrogen-bond donors (Lipinski definition) is 2. The Morgan fingerprint density at radius 2 is 2.08 bits per heavy atom. The van der Waals surface area contributed by atoms with E-state index in [0.29, 0.717) is 17.2 Å². The molecule has 0 atom stereocenters. The topological polar surface area (TPSA) is 88.8 Å². The molecule has 2 N–H and O–H groups in total. The highest BCUT2D eigenvalue weighted by atomic mass is 32.1. The van der Waals surface area contributed by atoms with Crippen molar-refractivity contribution in [2.24, 2.45) is 5.10 Å². The quantitative estimate of drug-likeness (QED) is 0.362. The largest absolute Gasteiger partial charge is 0.497 e. The Morgan fingerprint density at radius 3 is 2.75 bits per heavy atom. The second-order valence-electron chi connectivity index (χ2n) is 4.75. The SMILES string of the molecule is COc1ccc(CNC(=S)N/N=C\c2cccc([N+](=O)[O-])c2)cc1. The average molecular weight is 344 g/mol. The molecule has 2 aromatic carbocycles. The van der Waals surface area contributed by atoms with Gasteiger partial charge in [-0.05, 0) is 29.9 Å². The number of hydrazone groups is 1. The lowest BCUT2D eigenvalue weighted by Gasteiger charge is -2.07. The molecule has 0 amide bonds. The van der Waals surface area contributed by atoms with Crippen LogP contribution in [0.25, 0.3) is 0 Å². The van der Waals surface area contributed by atoms with Crippen LogP contribution in [-0.4, -0.2) is 23.4 Å². The molecule has 24 heavy (non-hydrogen) atoms. The molecule has 0 aliphatic rings. The molecular formula is C16H16N4O3S. The molecule has 0 bridgehead atoms. The van der Waals surface area contributed by atoms with Crippen LogP contribution in [0.1, 0.15) is 11.1 Å². The number of hydrogen-bond acceptors (Lipinski definition) is 5. The number of rotatable bonds is 6. The Bertz CT molecular complexity index is 747. The van der Waals surface area contributed by atoms with Gasteiger partial charge in [0.1, 0.15) is 5.75 Å². The Morgan fingerprint density at radius 1 is 1.33 bits per heavy atom. The molecule has 0 aliphatic carbocycles. The van der Waals surface area contributed by atoms with Crippen molar-refractivity contribution in [1.29, 1.82) is 0 Å². The third-order valence-electron chi connectivity index (χ3n) is 3.07. The highest BCUT2D eigenvalue weighted by molar-refractivity contribution is 7.80. The maximum absolute atomic E-state index is 10.7. The van der Waals surface area contributed by atoms with Crippen LogP contribution in [0.2, 0.25) is 0 Å². The zero-order chi connectivity index (χ0) is 17.4. The first-order valence-corrected chi connectivity index (χ1v) is 7.43. The fraction of sp³-hybridized carbons (Fsp3) is 0.125. The second kappa shape index (κ2) is 8.59. The van der Waals surface area contributed by atoms with Crippen LogP contribution < -0.4 is 15.5 Å². The molecule has 0 aliphatic heterocycles. The Kier molecular flexibility index (Phi) is 6.21. The van der Waals surface area contributed by atoms with Gasteiger partial charge in [-0.3, -0.25) is 15.5 Å². The van der Waals surface area contributed by atoms with Crippen molar-refractivity contribution < 1.29 is 9.66 Å². The number of ether oxygens (including phenoxy) is 1. The van der Waals surface area contributed by atoms with Gasteiger partial charge >= 0.3 is 0 Å². The minimum atomic E-state index is -0.453. The van der Waals surface area contributed by atoms with Crippen LogP contribution in [0.5, 0.6) is 5.75 Å². The Hall–Kier alpha value is -3.00. The predicted molar refractivity (Wildman–Crippen MR) is 96.3 cm³/mol. The summed E-state index contributed by atoms with van der Waals surface area (Å²) in [6.45, 7) is 0.544. The lowest BCUT2D eigenvalue weighted by atomic mass is 10.2. The fourth-order valence-electron chi connectivity index (χ4n) is 1.85. The van der Waals surface area contributed by atoms with E-state index in [2.05, 4.69) is 15.8 Å². The van der Waals surface area contributed by atoms with Crippen LogP contribution >= 0.6 is 12.2 Å². The number of non-ortho nitro benzene ring substituents is 1.